The minimum absolute atomic E-state index is 0.0168. The number of ether oxygens (including phenoxy) is 2. The number of aliphatic hydroxyl groups excluding tert-OH is 7. The van der Waals surface area contributed by atoms with Gasteiger partial charge in [0.1, 0.15) is 64.2 Å². The maximum absolute atomic E-state index is 14.7. The van der Waals surface area contributed by atoms with E-state index < -0.39 is 183 Å². The fourth-order valence-corrected chi connectivity index (χ4v) is 11.4. The molecule has 34 heteroatoms. The van der Waals surface area contributed by atoms with Crippen molar-refractivity contribution in [2.75, 3.05) is 40.0 Å². The number of β-amino-alcohol motifs (C(OH)–C–C–N with tert-alkyl or cyclic N) is 1. The molecular weight excluding hydrogens is 1230 g/mol. The highest BCUT2D eigenvalue weighted by Gasteiger charge is 2.50. The quantitative estimate of drug-likeness (QED) is 0.0167. The van der Waals surface area contributed by atoms with Gasteiger partial charge in [0.05, 0.1) is 43.5 Å². The molecule has 0 radical (unpaired) electrons. The molecule has 90 heavy (non-hydrogen) atoms. The zero-order valence-corrected chi connectivity index (χ0v) is 50.4. The van der Waals surface area contributed by atoms with Crippen molar-refractivity contribution in [1.82, 2.24) is 46.6 Å². The maximum Gasteiger partial charge on any atom is 0.261 e. The van der Waals surface area contributed by atoms with E-state index in [0.717, 1.165) is 59.7 Å². The first-order valence-electron chi connectivity index (χ1n) is 28.4. The van der Waals surface area contributed by atoms with Crippen LogP contribution < -0.4 is 41.2 Å². The molecule has 0 spiro atoms. The van der Waals surface area contributed by atoms with Gasteiger partial charge in [-0.3, -0.25) is 38.4 Å². The number of phenols is 1. The van der Waals surface area contributed by atoms with Gasteiger partial charge in [0, 0.05) is 68.8 Å². The molecular formula is C56H72N10O22S2. The minimum atomic E-state index is -2.53. The molecule has 13 unspecified atom stereocenters. The highest BCUT2D eigenvalue weighted by Crippen LogP contribution is 2.35. The first-order valence-corrected chi connectivity index (χ1v) is 29.8. The van der Waals surface area contributed by atoms with Gasteiger partial charge in [0.15, 0.2) is 11.5 Å². The summed E-state index contributed by atoms with van der Waals surface area (Å²) in [5.74, 6) is -11.3. The third-order valence-electron chi connectivity index (χ3n) is 15.1. The Hall–Kier alpha value is -7.71. The van der Waals surface area contributed by atoms with Crippen LogP contribution in [0.2, 0.25) is 0 Å². The van der Waals surface area contributed by atoms with Gasteiger partial charge in [0.2, 0.25) is 41.4 Å². The lowest BCUT2D eigenvalue weighted by molar-refractivity contribution is -0.433. The monoisotopic (exact) mass is 1300 g/mol. The highest BCUT2D eigenvalue weighted by atomic mass is 32.2. The molecule has 7 rings (SSSR count). The molecule has 1 aromatic heterocycles. The summed E-state index contributed by atoms with van der Waals surface area (Å²) < 4.78 is 20.1. The van der Waals surface area contributed by atoms with E-state index in [9.17, 15) is 79.2 Å². The number of hydrogen-bond acceptors (Lipinski definition) is 26. The molecule has 0 aliphatic carbocycles. The number of phenolic OH excluding ortho intramolecular Hbond substituents is 1. The number of rotatable bonds is 22. The molecule has 490 valence electrons. The SMILES string of the molecule is COCCCCCOc1ccc(-c2nnc(-c3ccc(C(=O)N[C@H]4CC(O)CNC(=O)C5C(O)C(C)CN5C(=O)C(C(O)CC(N)=O)NC(=O)C(C(O)C(O)c5ccc(O)c(OSOOO)c5)NC(=O)C5CC(O)CN5C(=O)C(C(C)O)NC4=O)cc3)s2)cc1. The van der Waals surface area contributed by atoms with Crippen molar-refractivity contribution in [3.8, 4) is 38.4 Å². The van der Waals surface area contributed by atoms with Crippen molar-refractivity contribution in [2.45, 2.75) is 131 Å². The number of benzene rings is 3. The fraction of sp³-hybridized carbons (Fsp3) is 0.500. The zero-order valence-electron chi connectivity index (χ0n) is 48.7. The molecule has 4 heterocycles. The Labute approximate surface area is 522 Å². The van der Waals surface area contributed by atoms with E-state index >= 15 is 0 Å². The van der Waals surface area contributed by atoms with Gasteiger partial charge in [0.25, 0.3) is 18.2 Å². The normalized spacial score (nSPS) is 25.3. The van der Waals surface area contributed by atoms with E-state index in [0.29, 0.717) is 34.5 Å². The second-order valence-corrected chi connectivity index (χ2v) is 23.2. The number of nitrogens with two attached hydrogens (primary N) is 1. The van der Waals surface area contributed by atoms with Crippen molar-refractivity contribution < 1.29 is 107 Å². The second kappa shape index (κ2) is 32.3. The van der Waals surface area contributed by atoms with Crippen LogP contribution in [0.3, 0.4) is 0 Å². The van der Waals surface area contributed by atoms with E-state index in [2.05, 4.69) is 46.2 Å². The van der Waals surface area contributed by atoms with Gasteiger partial charge in [-0.1, -0.05) is 45.8 Å². The average Bonchev–Trinajstić information content (AvgIpc) is 1.69. The van der Waals surface area contributed by atoms with Crippen molar-refractivity contribution in [3.05, 3.63) is 77.9 Å². The molecule has 8 amide bonds. The largest absolute Gasteiger partial charge is 0.504 e. The number of hydrogen-bond donors (Lipinski definition) is 15. The van der Waals surface area contributed by atoms with Gasteiger partial charge in [-0.25, -0.2) is 5.26 Å². The molecule has 3 aromatic carbocycles. The second-order valence-electron chi connectivity index (χ2n) is 21.8. The molecule has 0 saturated carbocycles. The number of nitrogens with one attached hydrogen (secondary N) is 5. The van der Waals surface area contributed by atoms with Crippen LogP contribution in [0.15, 0.2) is 66.7 Å². The van der Waals surface area contributed by atoms with Crippen LogP contribution in [0, 0.1) is 5.92 Å². The molecule has 3 saturated heterocycles. The zero-order chi connectivity index (χ0) is 65.5. The van der Waals surface area contributed by atoms with Crippen LogP contribution in [-0.2, 0) is 47.7 Å². The van der Waals surface area contributed by atoms with E-state index in [1.54, 1.807) is 19.2 Å². The molecule has 0 bridgehead atoms. The van der Waals surface area contributed by atoms with Gasteiger partial charge in [-0.05, 0) is 80.3 Å². The summed E-state index contributed by atoms with van der Waals surface area (Å²) in [6.45, 7) is 1.91. The van der Waals surface area contributed by atoms with Crippen molar-refractivity contribution in [1.29, 1.82) is 0 Å². The number of aromatic nitrogens is 2. The summed E-state index contributed by atoms with van der Waals surface area (Å²) >= 11 is 1.25. The first kappa shape index (κ1) is 69.8. The number of amides is 8. The molecule has 4 aromatic rings. The Morgan fingerprint density at radius 1 is 0.778 bits per heavy atom. The van der Waals surface area contributed by atoms with Crippen LogP contribution >= 0.6 is 23.7 Å². The fourth-order valence-electron chi connectivity index (χ4n) is 10.3. The highest BCUT2D eigenvalue weighted by molar-refractivity contribution is 7.90. The summed E-state index contributed by atoms with van der Waals surface area (Å²) in [6.07, 6.45) is -13.4. The number of nitrogens with zero attached hydrogens (tertiary/aromatic N) is 4. The number of methoxy groups -OCH3 is 1. The van der Waals surface area contributed by atoms with Crippen molar-refractivity contribution in [2.24, 2.45) is 11.7 Å². The van der Waals surface area contributed by atoms with Gasteiger partial charge in [-0.15, -0.1) is 10.2 Å². The molecule has 16 N–H and O–H groups in total. The number of aromatic hydroxyl groups is 1. The number of primary amides is 1. The number of unbranched alkanes of at least 4 members (excludes halogenated alkanes) is 2. The van der Waals surface area contributed by atoms with E-state index in [1.807, 2.05) is 24.3 Å². The third-order valence-corrected chi connectivity index (χ3v) is 16.5. The van der Waals surface area contributed by atoms with Gasteiger partial charge >= 0.3 is 0 Å². The van der Waals surface area contributed by atoms with Crippen molar-refractivity contribution >= 4 is 70.9 Å². The number of aliphatic hydroxyl groups is 7. The van der Waals surface area contributed by atoms with Gasteiger partial charge in [-0.2, -0.15) is 0 Å². The number of carbonyl (C=O) groups excluding carboxylic acids is 8. The lowest BCUT2D eigenvalue weighted by Crippen LogP contribution is -2.64. The molecule has 14 atom stereocenters. The van der Waals surface area contributed by atoms with E-state index in [4.69, 9.17) is 24.6 Å². The molecule has 3 aliphatic rings. The van der Waals surface area contributed by atoms with E-state index in [-0.39, 0.29) is 23.5 Å². The number of fused-ring (bicyclic) bond motifs is 2. The van der Waals surface area contributed by atoms with Crippen LogP contribution in [0.25, 0.3) is 21.1 Å². The Morgan fingerprint density at radius 2 is 1.41 bits per heavy atom. The Bertz CT molecular complexity index is 3150. The van der Waals surface area contributed by atoms with Crippen molar-refractivity contribution in [3.63, 3.8) is 0 Å². The number of carbonyl (C=O) groups is 8. The topological polar surface area (TPSA) is 483 Å². The predicted octanol–water partition coefficient (Wildman–Crippen LogP) is -2.55. The van der Waals surface area contributed by atoms with Gasteiger partial charge < -0.3 is 96.6 Å². The third kappa shape index (κ3) is 17.8. The summed E-state index contributed by atoms with van der Waals surface area (Å²) in [7, 11) is 1.66. The Morgan fingerprint density at radius 3 is 2.06 bits per heavy atom. The van der Waals surface area contributed by atoms with Crippen LogP contribution in [0.5, 0.6) is 17.2 Å². The summed E-state index contributed by atoms with van der Waals surface area (Å²) in [4.78, 5) is 115. The summed E-state index contributed by atoms with van der Waals surface area (Å²) in [6, 6.07) is 3.95. The molecule has 32 nitrogen and oxygen atoms in total. The predicted molar refractivity (Wildman–Crippen MR) is 313 cm³/mol. The summed E-state index contributed by atoms with van der Waals surface area (Å²) in [5.41, 5.74) is 6.36. The molecule has 3 fully saturated rings. The lowest BCUT2D eigenvalue weighted by Gasteiger charge is -2.34. The smallest absolute Gasteiger partial charge is 0.261 e. The van der Waals surface area contributed by atoms with E-state index in [1.165, 1.54) is 30.4 Å². The van der Waals surface area contributed by atoms with Crippen LogP contribution in [0.1, 0.15) is 74.4 Å². The summed E-state index contributed by atoms with van der Waals surface area (Å²) in [5, 5.41) is 124. The first-order chi connectivity index (χ1) is 42.9. The Balaban J connectivity index is 1.18. The lowest BCUT2D eigenvalue weighted by atomic mass is 9.96. The molecule has 3 aliphatic heterocycles. The van der Waals surface area contributed by atoms with Crippen LogP contribution in [-0.4, -0.2) is 226 Å². The van der Waals surface area contributed by atoms with Crippen LogP contribution in [0.4, 0.5) is 0 Å². The average molecular weight is 1300 g/mol. The Kier molecular flexibility index (Phi) is 25.1. The maximum atomic E-state index is 14.7. The minimum Gasteiger partial charge on any atom is -0.504 e. The standard InChI is InChI=1S/C56H72N10O22S2/c1-26-24-66-44(45(26)73)52(80)58-23-32(68)20-35(59-48(76)28-7-9-29(10-8-28)53-63-64-54(89-53)30-11-14-34(15-12-30)85-18-6-4-5-17-84-3)49(77)60-41(27(2)67)55(81)65-25-33(69)21-36(65)50(78)62-43(51(79)61-42(56(66)82)38(71)22-40(57)72)47(75)46(74)31-13-16-37(70)39(19-31)86-90-88-87-83/h7-16,19,26-27,32-33,35-36,38,41-47,67-71,73-75,83H,4-6,17-18,20-25H2,1-3H3,(H2,57,72)(H,58,80)(H,59,76)(H,60,77)(H,61,79)(H,62,78)/t26?,27?,32?,33?,35-,36?,38?,41?,42?,43?,44?,45?,46?,47?/m0/s1.